The smallest absolute Gasteiger partial charge is 0.243 e. The van der Waals surface area contributed by atoms with Crippen LogP contribution in [-0.4, -0.2) is 57.8 Å². The zero-order valence-electron chi connectivity index (χ0n) is 18.1. The molecule has 0 bridgehead atoms. The van der Waals surface area contributed by atoms with E-state index in [0.717, 1.165) is 49.0 Å². The normalized spacial score (nSPS) is 15.9. The second-order valence-electron chi connectivity index (χ2n) is 7.75. The van der Waals surface area contributed by atoms with Crippen molar-refractivity contribution in [2.45, 2.75) is 26.1 Å². The van der Waals surface area contributed by atoms with Crippen molar-refractivity contribution < 1.29 is 17.9 Å². The van der Waals surface area contributed by atoms with Crippen molar-refractivity contribution in [2.24, 2.45) is 0 Å². The third kappa shape index (κ3) is 6.59. The molecule has 0 unspecified atom stereocenters. The number of rotatable bonds is 8. The van der Waals surface area contributed by atoms with E-state index in [2.05, 4.69) is 10.2 Å². The Kier molecular flexibility index (Phi) is 8.41. The van der Waals surface area contributed by atoms with Crippen molar-refractivity contribution in [1.82, 2.24) is 10.2 Å². The van der Waals surface area contributed by atoms with Gasteiger partial charge in [0, 0.05) is 31.2 Å². The number of anilines is 1. The first-order chi connectivity index (χ1) is 15.1. The van der Waals surface area contributed by atoms with Crippen LogP contribution in [0.2, 0.25) is 10.0 Å². The van der Waals surface area contributed by atoms with Crippen molar-refractivity contribution in [3.05, 3.63) is 63.6 Å². The van der Waals surface area contributed by atoms with Crippen LogP contribution in [0.25, 0.3) is 0 Å². The predicted molar refractivity (Wildman–Crippen MR) is 128 cm³/mol. The van der Waals surface area contributed by atoms with Gasteiger partial charge in [-0.25, -0.2) is 8.42 Å². The van der Waals surface area contributed by atoms with E-state index in [9.17, 15) is 13.2 Å². The maximum absolute atomic E-state index is 12.8. The Hall–Kier alpha value is -1.84. The Labute approximate surface area is 199 Å². The molecule has 1 fully saturated rings. The van der Waals surface area contributed by atoms with Crippen LogP contribution in [0, 0.1) is 0 Å². The summed E-state index contributed by atoms with van der Waals surface area (Å²) in [4.78, 5) is 15.1. The summed E-state index contributed by atoms with van der Waals surface area (Å²) in [6, 6.07) is 11.5. The van der Waals surface area contributed by atoms with Crippen LogP contribution >= 0.6 is 23.2 Å². The van der Waals surface area contributed by atoms with Gasteiger partial charge >= 0.3 is 0 Å². The van der Waals surface area contributed by atoms with Crippen molar-refractivity contribution in [1.29, 1.82) is 0 Å². The number of benzene rings is 2. The summed E-state index contributed by atoms with van der Waals surface area (Å²) in [5.74, 6) is -0.441. The van der Waals surface area contributed by atoms with Gasteiger partial charge in [0.05, 0.1) is 30.2 Å². The number of morpholine rings is 1. The molecule has 1 atom stereocenters. The molecule has 2 aromatic rings. The third-order valence-electron chi connectivity index (χ3n) is 5.23. The van der Waals surface area contributed by atoms with E-state index in [4.69, 9.17) is 27.9 Å². The second-order valence-corrected chi connectivity index (χ2v) is 10.5. The maximum Gasteiger partial charge on any atom is 0.243 e. The molecule has 0 aromatic heterocycles. The highest BCUT2D eigenvalue weighted by atomic mass is 35.5. The molecule has 7 nitrogen and oxygen atoms in total. The molecule has 32 heavy (non-hydrogen) atoms. The van der Waals surface area contributed by atoms with Crippen LogP contribution in [0.3, 0.4) is 0 Å². The van der Waals surface area contributed by atoms with Crippen LogP contribution in [0.5, 0.6) is 0 Å². The Morgan fingerprint density at radius 2 is 1.75 bits per heavy atom. The van der Waals surface area contributed by atoms with Crippen molar-refractivity contribution in [3.8, 4) is 0 Å². The Balaban J connectivity index is 1.64. The van der Waals surface area contributed by atoms with Gasteiger partial charge in [0.2, 0.25) is 15.9 Å². The average Bonchev–Trinajstić information content (AvgIpc) is 2.75. The van der Waals surface area contributed by atoms with E-state index in [1.165, 1.54) is 24.6 Å². The van der Waals surface area contributed by atoms with Gasteiger partial charge in [0.1, 0.15) is 6.04 Å². The van der Waals surface area contributed by atoms with E-state index in [-0.39, 0.29) is 17.3 Å². The zero-order chi connectivity index (χ0) is 23.3. The third-order valence-corrected chi connectivity index (χ3v) is 7.02. The predicted octanol–water partition coefficient (Wildman–Crippen LogP) is 3.30. The minimum atomic E-state index is -3.79. The molecular weight excluding hydrogens is 473 g/mol. The van der Waals surface area contributed by atoms with Crippen molar-refractivity contribution in [2.75, 3.05) is 36.9 Å². The molecule has 1 aliphatic rings. The second kappa shape index (κ2) is 10.9. The molecule has 1 amide bonds. The Morgan fingerprint density at radius 3 is 2.38 bits per heavy atom. The standard InChI is InChI=1S/C22H27Cl2N3O4S/c1-16(27(32(2,29)30)21-13-19(23)7-8-20(21)24)22(28)25-14-17-3-5-18(6-4-17)15-26-9-11-31-12-10-26/h3-8,13,16H,9-12,14-15H2,1-2H3,(H,25,28)/t16-/m1/s1. The van der Waals surface area contributed by atoms with Crippen LogP contribution in [-0.2, 0) is 32.6 Å². The molecule has 1 aliphatic heterocycles. The fourth-order valence-electron chi connectivity index (χ4n) is 3.55. The van der Waals surface area contributed by atoms with Gasteiger partial charge in [0.25, 0.3) is 0 Å². The molecule has 0 radical (unpaired) electrons. The van der Waals surface area contributed by atoms with Crippen molar-refractivity contribution in [3.63, 3.8) is 0 Å². The molecule has 1 saturated heterocycles. The number of hydrogen-bond donors (Lipinski definition) is 1. The first-order valence-electron chi connectivity index (χ1n) is 10.3. The highest BCUT2D eigenvalue weighted by Crippen LogP contribution is 2.32. The van der Waals surface area contributed by atoms with E-state index in [0.29, 0.717) is 5.02 Å². The summed E-state index contributed by atoms with van der Waals surface area (Å²) >= 11 is 12.2. The number of nitrogens with one attached hydrogen (secondary N) is 1. The molecule has 1 heterocycles. The fraction of sp³-hybridized carbons (Fsp3) is 0.409. The summed E-state index contributed by atoms with van der Waals surface area (Å²) in [6.45, 7) is 6.00. The highest BCUT2D eigenvalue weighted by Gasteiger charge is 2.30. The summed E-state index contributed by atoms with van der Waals surface area (Å²) in [5.41, 5.74) is 2.27. The summed E-state index contributed by atoms with van der Waals surface area (Å²) < 4.78 is 31.3. The van der Waals surface area contributed by atoms with Gasteiger partial charge in [0.15, 0.2) is 0 Å². The van der Waals surface area contributed by atoms with Gasteiger partial charge < -0.3 is 10.1 Å². The topological polar surface area (TPSA) is 79.0 Å². The minimum absolute atomic E-state index is 0.164. The number of carbonyl (C=O) groups is 1. The minimum Gasteiger partial charge on any atom is -0.379 e. The first kappa shape index (κ1) is 24.8. The Bertz CT molecular complexity index is 1040. The van der Waals surface area contributed by atoms with Crippen LogP contribution in [0.4, 0.5) is 5.69 Å². The lowest BCUT2D eigenvalue weighted by atomic mass is 10.1. The molecular formula is C22H27Cl2N3O4S. The average molecular weight is 500 g/mol. The number of amides is 1. The number of ether oxygens (including phenoxy) is 1. The summed E-state index contributed by atoms with van der Waals surface area (Å²) in [6.07, 6.45) is 1.03. The maximum atomic E-state index is 12.8. The van der Waals surface area contributed by atoms with Gasteiger partial charge in [-0.05, 0) is 36.2 Å². The number of hydrogen-bond acceptors (Lipinski definition) is 5. The van der Waals surface area contributed by atoms with Crippen LogP contribution in [0.15, 0.2) is 42.5 Å². The van der Waals surface area contributed by atoms with Gasteiger partial charge in [-0.2, -0.15) is 0 Å². The summed E-state index contributed by atoms with van der Waals surface area (Å²) in [5, 5.41) is 3.32. The monoisotopic (exact) mass is 499 g/mol. The molecule has 2 aromatic carbocycles. The molecule has 0 saturated carbocycles. The number of carbonyl (C=O) groups excluding carboxylic acids is 1. The zero-order valence-corrected chi connectivity index (χ0v) is 20.4. The molecule has 1 N–H and O–H groups in total. The lowest BCUT2D eigenvalue weighted by Gasteiger charge is -2.29. The molecule has 174 valence electrons. The van der Waals surface area contributed by atoms with Crippen molar-refractivity contribution >= 4 is 44.8 Å². The van der Waals surface area contributed by atoms with E-state index in [1.807, 2.05) is 24.3 Å². The Morgan fingerprint density at radius 1 is 1.12 bits per heavy atom. The SMILES string of the molecule is C[C@H](C(=O)NCc1ccc(CN2CCOCC2)cc1)N(c1cc(Cl)ccc1Cl)S(C)(=O)=O. The number of sulfonamides is 1. The molecule has 0 aliphatic carbocycles. The van der Waals surface area contributed by atoms with Gasteiger partial charge in [-0.1, -0.05) is 47.5 Å². The first-order valence-corrected chi connectivity index (χ1v) is 12.9. The molecule has 0 spiro atoms. The highest BCUT2D eigenvalue weighted by molar-refractivity contribution is 7.92. The number of halogens is 2. The summed E-state index contributed by atoms with van der Waals surface area (Å²) in [7, 11) is -3.79. The van der Waals surface area contributed by atoms with Crippen LogP contribution in [0.1, 0.15) is 18.1 Å². The van der Waals surface area contributed by atoms with E-state index < -0.39 is 22.0 Å². The lowest BCUT2D eigenvalue weighted by molar-refractivity contribution is -0.122. The van der Waals surface area contributed by atoms with Crippen LogP contribution < -0.4 is 9.62 Å². The molecule has 3 rings (SSSR count). The quantitative estimate of drug-likeness (QED) is 0.602. The van der Waals surface area contributed by atoms with E-state index >= 15 is 0 Å². The number of nitrogens with zero attached hydrogens (tertiary/aromatic N) is 2. The fourth-order valence-corrected chi connectivity index (χ4v) is 5.16. The molecule has 10 heteroatoms. The van der Waals surface area contributed by atoms with Gasteiger partial charge in [-0.15, -0.1) is 0 Å². The van der Waals surface area contributed by atoms with Gasteiger partial charge in [-0.3, -0.25) is 14.0 Å². The van der Waals surface area contributed by atoms with E-state index in [1.54, 1.807) is 6.07 Å². The largest absolute Gasteiger partial charge is 0.379 e. The lowest BCUT2D eigenvalue weighted by Crippen LogP contribution is -2.47.